The van der Waals surface area contributed by atoms with Crippen molar-refractivity contribution in [2.75, 3.05) is 0 Å². The number of aliphatic hydroxyl groups is 1. The summed E-state index contributed by atoms with van der Waals surface area (Å²) in [5, 5.41) is 10.4. The number of benzene rings is 1. The van der Waals surface area contributed by atoms with E-state index in [1.807, 2.05) is 6.07 Å². The Balaban J connectivity index is 2.05. The molecule has 0 bridgehead atoms. The van der Waals surface area contributed by atoms with Crippen LogP contribution in [0.2, 0.25) is 5.02 Å². The predicted octanol–water partition coefficient (Wildman–Crippen LogP) is 4.60. The maximum Gasteiger partial charge on any atom is 0.142 e. The lowest BCUT2D eigenvalue weighted by Crippen LogP contribution is -2.30. The van der Waals surface area contributed by atoms with Crippen molar-refractivity contribution in [1.29, 1.82) is 0 Å². The quantitative estimate of drug-likeness (QED) is 0.857. The zero-order valence-corrected chi connectivity index (χ0v) is 12.2. The molecule has 106 valence electrons. The molecule has 1 N–H and O–H groups in total. The molecule has 1 nitrogen and oxygen atoms in total. The summed E-state index contributed by atoms with van der Waals surface area (Å²) in [4.78, 5) is 0. The van der Waals surface area contributed by atoms with Gasteiger partial charge in [0.2, 0.25) is 0 Å². The van der Waals surface area contributed by atoms with E-state index in [0.717, 1.165) is 24.8 Å². The van der Waals surface area contributed by atoms with Gasteiger partial charge in [-0.1, -0.05) is 43.5 Å². The molecule has 3 unspecified atom stereocenters. The van der Waals surface area contributed by atoms with Gasteiger partial charge in [-0.2, -0.15) is 0 Å². The second kappa shape index (κ2) is 6.71. The van der Waals surface area contributed by atoms with Crippen molar-refractivity contribution >= 4 is 11.6 Å². The van der Waals surface area contributed by atoms with Gasteiger partial charge in [0.05, 0.1) is 11.1 Å². The lowest BCUT2D eigenvalue weighted by atomic mass is 9.75. The van der Waals surface area contributed by atoms with Gasteiger partial charge in [-0.25, -0.2) is 4.39 Å². The molecule has 0 radical (unpaired) electrons. The van der Waals surface area contributed by atoms with E-state index in [-0.39, 0.29) is 22.9 Å². The van der Waals surface area contributed by atoms with Crippen LogP contribution in [0.15, 0.2) is 18.2 Å². The van der Waals surface area contributed by atoms with Gasteiger partial charge < -0.3 is 5.11 Å². The Morgan fingerprint density at radius 2 is 2.16 bits per heavy atom. The summed E-state index contributed by atoms with van der Waals surface area (Å²) in [5.41, 5.74) is 0.822. The Labute approximate surface area is 119 Å². The van der Waals surface area contributed by atoms with E-state index < -0.39 is 0 Å². The highest BCUT2D eigenvalue weighted by atomic mass is 35.5. The zero-order chi connectivity index (χ0) is 13.8. The molecule has 1 fully saturated rings. The van der Waals surface area contributed by atoms with Gasteiger partial charge in [0, 0.05) is 0 Å². The Bertz CT molecular complexity index is 421. The van der Waals surface area contributed by atoms with Crippen LogP contribution in [-0.2, 0) is 6.42 Å². The summed E-state index contributed by atoms with van der Waals surface area (Å²) in [6.45, 7) is 2.20. The molecule has 3 atom stereocenters. The molecule has 1 aliphatic rings. The monoisotopic (exact) mass is 284 g/mol. The van der Waals surface area contributed by atoms with Crippen molar-refractivity contribution in [2.24, 2.45) is 11.8 Å². The molecule has 1 aromatic carbocycles. The molecular formula is C16H22ClFO. The van der Waals surface area contributed by atoms with E-state index in [9.17, 15) is 9.50 Å². The van der Waals surface area contributed by atoms with Gasteiger partial charge in [0.15, 0.2) is 0 Å². The van der Waals surface area contributed by atoms with Crippen LogP contribution in [0, 0.1) is 17.7 Å². The van der Waals surface area contributed by atoms with Crippen LogP contribution in [0.25, 0.3) is 0 Å². The largest absolute Gasteiger partial charge is 0.393 e. The second-order valence-corrected chi connectivity index (χ2v) is 6.09. The normalized spacial score (nSPS) is 27.5. The number of hydrogen-bond donors (Lipinski definition) is 1. The highest BCUT2D eigenvalue weighted by Crippen LogP contribution is 2.35. The summed E-state index contributed by atoms with van der Waals surface area (Å²) in [5.74, 6) is 0.546. The SMILES string of the molecule is CCCC1CCC(O)C(Cc2cccc(F)c2Cl)C1. The van der Waals surface area contributed by atoms with Gasteiger partial charge in [0.1, 0.15) is 5.82 Å². The molecule has 1 aromatic rings. The van der Waals surface area contributed by atoms with E-state index in [2.05, 4.69) is 6.92 Å². The van der Waals surface area contributed by atoms with E-state index >= 15 is 0 Å². The Kier molecular flexibility index (Phi) is 5.23. The van der Waals surface area contributed by atoms with Crippen molar-refractivity contribution in [3.8, 4) is 0 Å². The van der Waals surface area contributed by atoms with Crippen LogP contribution in [-0.4, -0.2) is 11.2 Å². The highest BCUT2D eigenvalue weighted by molar-refractivity contribution is 6.31. The smallest absolute Gasteiger partial charge is 0.142 e. The minimum absolute atomic E-state index is 0.213. The molecule has 0 heterocycles. The zero-order valence-electron chi connectivity index (χ0n) is 11.4. The van der Waals surface area contributed by atoms with Crippen LogP contribution in [0.5, 0.6) is 0 Å². The maximum atomic E-state index is 13.4. The first-order chi connectivity index (χ1) is 9.11. The fourth-order valence-corrected chi connectivity index (χ4v) is 3.43. The number of halogens is 2. The minimum atomic E-state index is -0.366. The third-order valence-electron chi connectivity index (χ3n) is 4.26. The van der Waals surface area contributed by atoms with Gasteiger partial charge in [0.25, 0.3) is 0 Å². The average molecular weight is 285 g/mol. The van der Waals surface area contributed by atoms with E-state index in [0.29, 0.717) is 12.3 Å². The topological polar surface area (TPSA) is 20.2 Å². The molecule has 3 heteroatoms. The first-order valence-electron chi connectivity index (χ1n) is 7.22. The molecule has 0 saturated heterocycles. The summed E-state index contributed by atoms with van der Waals surface area (Å²) in [6, 6.07) is 4.93. The van der Waals surface area contributed by atoms with Gasteiger partial charge in [-0.05, 0) is 49.1 Å². The Morgan fingerprint density at radius 1 is 1.37 bits per heavy atom. The fourth-order valence-electron chi connectivity index (χ4n) is 3.22. The van der Waals surface area contributed by atoms with Crippen molar-refractivity contribution in [3.05, 3.63) is 34.6 Å². The van der Waals surface area contributed by atoms with Crippen molar-refractivity contribution < 1.29 is 9.50 Å². The Hall–Kier alpha value is -0.600. The molecule has 2 rings (SSSR count). The molecule has 0 spiro atoms. The van der Waals surface area contributed by atoms with Crippen LogP contribution in [0.3, 0.4) is 0 Å². The van der Waals surface area contributed by atoms with Crippen LogP contribution < -0.4 is 0 Å². The Morgan fingerprint density at radius 3 is 2.89 bits per heavy atom. The van der Waals surface area contributed by atoms with Crippen molar-refractivity contribution in [1.82, 2.24) is 0 Å². The lowest BCUT2D eigenvalue weighted by Gasteiger charge is -2.33. The number of rotatable bonds is 4. The highest BCUT2D eigenvalue weighted by Gasteiger charge is 2.29. The second-order valence-electron chi connectivity index (χ2n) is 5.71. The van der Waals surface area contributed by atoms with Crippen molar-refractivity contribution in [2.45, 2.75) is 51.6 Å². The van der Waals surface area contributed by atoms with Crippen molar-refractivity contribution in [3.63, 3.8) is 0 Å². The molecular weight excluding hydrogens is 263 g/mol. The standard InChI is InChI=1S/C16H22ClFO/c1-2-4-11-7-8-15(19)13(9-11)10-12-5-3-6-14(18)16(12)17/h3,5-6,11,13,15,19H,2,4,7-10H2,1H3. The van der Waals surface area contributed by atoms with Crippen LogP contribution in [0.1, 0.15) is 44.6 Å². The molecule has 1 aliphatic carbocycles. The first kappa shape index (κ1) is 14.8. The van der Waals surface area contributed by atoms with E-state index in [1.54, 1.807) is 6.07 Å². The number of aliphatic hydroxyl groups excluding tert-OH is 1. The van der Waals surface area contributed by atoms with E-state index in [4.69, 9.17) is 11.6 Å². The lowest BCUT2D eigenvalue weighted by molar-refractivity contribution is 0.0462. The van der Waals surface area contributed by atoms with Gasteiger partial charge in [-0.3, -0.25) is 0 Å². The third kappa shape index (κ3) is 3.70. The fraction of sp³-hybridized carbons (Fsp3) is 0.625. The van der Waals surface area contributed by atoms with E-state index in [1.165, 1.54) is 18.9 Å². The molecule has 0 aliphatic heterocycles. The predicted molar refractivity (Wildman–Crippen MR) is 76.9 cm³/mol. The average Bonchev–Trinajstić information content (AvgIpc) is 2.39. The van der Waals surface area contributed by atoms with Crippen LogP contribution in [0.4, 0.5) is 4.39 Å². The first-order valence-corrected chi connectivity index (χ1v) is 7.60. The summed E-state index contributed by atoms with van der Waals surface area (Å²) in [7, 11) is 0. The van der Waals surface area contributed by atoms with Gasteiger partial charge in [-0.15, -0.1) is 0 Å². The maximum absolute atomic E-state index is 13.4. The van der Waals surface area contributed by atoms with Crippen LogP contribution >= 0.6 is 11.6 Å². The number of hydrogen-bond acceptors (Lipinski definition) is 1. The molecule has 0 aromatic heterocycles. The minimum Gasteiger partial charge on any atom is -0.393 e. The summed E-state index contributed by atoms with van der Waals surface area (Å²) >= 11 is 6.00. The van der Waals surface area contributed by atoms with Gasteiger partial charge >= 0.3 is 0 Å². The molecule has 19 heavy (non-hydrogen) atoms. The summed E-state index contributed by atoms with van der Waals surface area (Å²) < 4.78 is 13.4. The molecule has 1 saturated carbocycles. The molecule has 0 amide bonds. The summed E-state index contributed by atoms with van der Waals surface area (Å²) in [6.07, 6.45) is 5.83. The third-order valence-corrected chi connectivity index (χ3v) is 4.68.